The minimum Gasteiger partial charge on any atom is -0.508 e. The van der Waals surface area contributed by atoms with Gasteiger partial charge in [-0.3, -0.25) is 0 Å². The molecule has 2 nitrogen and oxygen atoms in total. The van der Waals surface area contributed by atoms with Crippen LogP contribution in [0.3, 0.4) is 0 Å². The van der Waals surface area contributed by atoms with Gasteiger partial charge in [0, 0.05) is 6.54 Å². The van der Waals surface area contributed by atoms with Crippen LogP contribution >= 0.6 is 0 Å². The predicted molar refractivity (Wildman–Crippen MR) is 64.5 cm³/mol. The molecule has 3 rings (SSSR count). The lowest BCUT2D eigenvalue weighted by atomic mass is 9.77. The second kappa shape index (κ2) is 3.77. The van der Waals surface area contributed by atoms with E-state index in [9.17, 15) is 5.11 Å². The van der Waals surface area contributed by atoms with Crippen molar-refractivity contribution in [3.63, 3.8) is 0 Å². The lowest BCUT2D eigenvalue weighted by Crippen LogP contribution is -2.40. The van der Waals surface area contributed by atoms with Gasteiger partial charge in [-0.05, 0) is 61.3 Å². The van der Waals surface area contributed by atoms with Crippen LogP contribution in [0.5, 0.6) is 5.75 Å². The van der Waals surface area contributed by atoms with Crippen molar-refractivity contribution in [2.24, 2.45) is 11.3 Å². The number of phenolic OH excluding ortho intramolecular Hbond substituents is 1. The molecule has 2 fully saturated rings. The summed E-state index contributed by atoms with van der Waals surface area (Å²) in [6, 6.07) is 7.74. The first-order valence-electron chi connectivity index (χ1n) is 6.24. The molecule has 1 aliphatic heterocycles. The summed E-state index contributed by atoms with van der Waals surface area (Å²) in [6.07, 6.45) is 5.21. The van der Waals surface area contributed by atoms with E-state index in [0.29, 0.717) is 11.2 Å². The van der Waals surface area contributed by atoms with Gasteiger partial charge in [-0.1, -0.05) is 12.1 Å². The van der Waals surface area contributed by atoms with Gasteiger partial charge in [0.1, 0.15) is 5.75 Å². The molecule has 2 N–H and O–H groups in total. The van der Waals surface area contributed by atoms with E-state index in [0.717, 1.165) is 18.9 Å². The van der Waals surface area contributed by atoms with Crippen LogP contribution in [0.4, 0.5) is 0 Å². The molecule has 86 valence electrons. The molecular formula is C14H19NO. The van der Waals surface area contributed by atoms with E-state index in [1.807, 2.05) is 12.1 Å². The fraction of sp³-hybridized carbons (Fsp3) is 0.571. The van der Waals surface area contributed by atoms with E-state index in [4.69, 9.17) is 0 Å². The van der Waals surface area contributed by atoms with E-state index in [1.54, 1.807) is 6.07 Å². The Morgan fingerprint density at radius 2 is 2.38 bits per heavy atom. The lowest BCUT2D eigenvalue weighted by Gasteiger charge is -2.34. The van der Waals surface area contributed by atoms with Crippen LogP contribution in [-0.4, -0.2) is 18.2 Å². The molecule has 2 aliphatic rings. The first kappa shape index (κ1) is 10.2. The van der Waals surface area contributed by atoms with E-state index < -0.39 is 0 Å². The Morgan fingerprint density at radius 1 is 1.44 bits per heavy atom. The fourth-order valence-electron chi connectivity index (χ4n) is 3.53. The van der Waals surface area contributed by atoms with Crippen LogP contribution in [0, 0.1) is 11.3 Å². The summed E-state index contributed by atoms with van der Waals surface area (Å²) in [7, 11) is 0. The van der Waals surface area contributed by atoms with Gasteiger partial charge in [0.2, 0.25) is 0 Å². The van der Waals surface area contributed by atoms with Crippen LogP contribution in [-0.2, 0) is 6.42 Å². The van der Waals surface area contributed by atoms with Crippen LogP contribution in [0.15, 0.2) is 24.3 Å². The zero-order valence-corrected chi connectivity index (χ0v) is 9.58. The molecular weight excluding hydrogens is 198 g/mol. The third kappa shape index (κ3) is 1.82. The first-order chi connectivity index (χ1) is 7.76. The highest BCUT2D eigenvalue weighted by Gasteiger charge is 2.41. The monoisotopic (exact) mass is 217 g/mol. The van der Waals surface area contributed by atoms with Crippen molar-refractivity contribution in [2.75, 3.05) is 13.1 Å². The molecule has 0 amide bonds. The molecule has 0 radical (unpaired) electrons. The van der Waals surface area contributed by atoms with Crippen molar-refractivity contribution in [3.05, 3.63) is 29.8 Å². The number of hydrogen-bond acceptors (Lipinski definition) is 2. The highest BCUT2D eigenvalue weighted by Crippen LogP contribution is 2.46. The van der Waals surface area contributed by atoms with Crippen molar-refractivity contribution < 1.29 is 5.11 Å². The number of phenols is 1. The Labute approximate surface area is 96.7 Å². The number of piperidine rings is 1. The van der Waals surface area contributed by atoms with Gasteiger partial charge in [-0.2, -0.15) is 0 Å². The van der Waals surface area contributed by atoms with E-state index >= 15 is 0 Å². The van der Waals surface area contributed by atoms with E-state index in [-0.39, 0.29) is 0 Å². The molecule has 1 aromatic carbocycles. The molecule has 1 aliphatic carbocycles. The molecule has 1 heterocycles. The Hall–Kier alpha value is -1.02. The van der Waals surface area contributed by atoms with Crippen LogP contribution in [0.25, 0.3) is 0 Å². The zero-order chi connectivity index (χ0) is 11.0. The maximum absolute atomic E-state index is 9.49. The Morgan fingerprint density at radius 3 is 3.25 bits per heavy atom. The Balaban J connectivity index is 1.79. The molecule has 0 aromatic heterocycles. The smallest absolute Gasteiger partial charge is 0.115 e. The summed E-state index contributed by atoms with van der Waals surface area (Å²) in [5.74, 6) is 1.29. The number of nitrogens with one attached hydrogen (secondary N) is 1. The number of fused-ring (bicyclic) bond motifs is 2. The standard InChI is InChI=1S/C14H19NO/c16-13-3-1-2-11(6-13)7-14-5-4-12(8-14)9-15-10-14/h1-3,6,12,15-16H,4-5,7-10H2. The molecule has 2 bridgehead atoms. The van der Waals surface area contributed by atoms with Crippen molar-refractivity contribution in [1.29, 1.82) is 0 Å². The largest absolute Gasteiger partial charge is 0.508 e. The average Bonchev–Trinajstić information content (AvgIpc) is 2.54. The summed E-state index contributed by atoms with van der Waals surface area (Å²) in [5, 5.41) is 13.1. The summed E-state index contributed by atoms with van der Waals surface area (Å²) in [5.41, 5.74) is 1.75. The second-order valence-corrected chi connectivity index (χ2v) is 5.59. The molecule has 0 spiro atoms. The summed E-state index contributed by atoms with van der Waals surface area (Å²) in [6.45, 7) is 2.36. The maximum Gasteiger partial charge on any atom is 0.115 e. The lowest BCUT2D eigenvalue weighted by molar-refractivity contribution is 0.229. The van der Waals surface area contributed by atoms with E-state index in [2.05, 4.69) is 11.4 Å². The highest BCUT2D eigenvalue weighted by atomic mass is 16.3. The third-order valence-electron chi connectivity index (χ3n) is 4.23. The van der Waals surface area contributed by atoms with Crippen LogP contribution in [0.1, 0.15) is 24.8 Å². The molecule has 2 atom stereocenters. The molecule has 1 saturated heterocycles. The summed E-state index contributed by atoms with van der Waals surface area (Å²) >= 11 is 0. The van der Waals surface area contributed by atoms with Crippen molar-refractivity contribution in [1.82, 2.24) is 5.32 Å². The van der Waals surface area contributed by atoms with Crippen LogP contribution < -0.4 is 5.32 Å². The second-order valence-electron chi connectivity index (χ2n) is 5.59. The normalized spacial score (nSPS) is 32.9. The SMILES string of the molecule is Oc1cccc(CC23CCC(CNC2)C3)c1. The van der Waals surface area contributed by atoms with Crippen LogP contribution in [0.2, 0.25) is 0 Å². The number of hydrogen-bond donors (Lipinski definition) is 2. The van der Waals surface area contributed by atoms with Gasteiger partial charge in [0.05, 0.1) is 0 Å². The number of benzene rings is 1. The molecule has 2 unspecified atom stereocenters. The zero-order valence-electron chi connectivity index (χ0n) is 9.58. The summed E-state index contributed by atoms with van der Waals surface area (Å²) in [4.78, 5) is 0. The molecule has 1 saturated carbocycles. The molecule has 1 aromatic rings. The third-order valence-corrected chi connectivity index (χ3v) is 4.23. The number of rotatable bonds is 2. The van der Waals surface area contributed by atoms with Gasteiger partial charge in [-0.25, -0.2) is 0 Å². The minimum atomic E-state index is 0.396. The fourth-order valence-corrected chi connectivity index (χ4v) is 3.53. The quantitative estimate of drug-likeness (QED) is 0.797. The van der Waals surface area contributed by atoms with E-state index in [1.165, 1.54) is 31.4 Å². The highest BCUT2D eigenvalue weighted by molar-refractivity contribution is 5.28. The van der Waals surface area contributed by atoms with Crippen molar-refractivity contribution in [3.8, 4) is 5.75 Å². The van der Waals surface area contributed by atoms with Crippen molar-refractivity contribution >= 4 is 0 Å². The predicted octanol–water partition coefficient (Wildman–Crippen LogP) is 2.32. The first-order valence-corrected chi connectivity index (χ1v) is 6.24. The average molecular weight is 217 g/mol. The van der Waals surface area contributed by atoms with Gasteiger partial charge in [0.15, 0.2) is 0 Å². The molecule has 2 heteroatoms. The Bertz CT molecular complexity index is 386. The van der Waals surface area contributed by atoms with Crippen molar-refractivity contribution in [2.45, 2.75) is 25.7 Å². The minimum absolute atomic E-state index is 0.396. The van der Waals surface area contributed by atoms with Gasteiger partial charge in [-0.15, -0.1) is 0 Å². The molecule has 16 heavy (non-hydrogen) atoms. The summed E-state index contributed by atoms with van der Waals surface area (Å²) < 4.78 is 0. The topological polar surface area (TPSA) is 32.3 Å². The van der Waals surface area contributed by atoms with Gasteiger partial charge in [0.25, 0.3) is 0 Å². The van der Waals surface area contributed by atoms with Gasteiger partial charge < -0.3 is 10.4 Å². The van der Waals surface area contributed by atoms with Gasteiger partial charge >= 0.3 is 0 Å². The Kier molecular flexibility index (Phi) is 2.40. The number of aromatic hydroxyl groups is 1. The maximum atomic E-state index is 9.49.